The Kier molecular flexibility index (Phi) is 4.95. The fourth-order valence-electron chi connectivity index (χ4n) is 3.56. The number of aryl methyl sites for hydroxylation is 2. The van der Waals surface area contributed by atoms with Crippen molar-refractivity contribution in [3.8, 4) is 10.7 Å². The van der Waals surface area contributed by atoms with Crippen LogP contribution in [0.25, 0.3) is 10.7 Å². The SMILES string of the molecule is Cc1ccc(C2CCCN2CCCc2nc(-c3cccs3)no2)cc1. The summed E-state index contributed by atoms with van der Waals surface area (Å²) in [5.74, 6) is 1.46. The summed E-state index contributed by atoms with van der Waals surface area (Å²) in [6.07, 6.45) is 4.43. The number of nitrogens with zero attached hydrogens (tertiary/aromatic N) is 3. The monoisotopic (exact) mass is 353 g/mol. The van der Waals surface area contributed by atoms with E-state index in [0.29, 0.717) is 11.9 Å². The highest BCUT2D eigenvalue weighted by Crippen LogP contribution is 2.32. The summed E-state index contributed by atoms with van der Waals surface area (Å²) in [5.41, 5.74) is 2.77. The van der Waals surface area contributed by atoms with Crippen molar-refractivity contribution in [3.05, 3.63) is 58.8 Å². The van der Waals surface area contributed by atoms with Crippen LogP contribution in [0.4, 0.5) is 0 Å². The third-order valence-corrected chi connectivity index (χ3v) is 5.74. The van der Waals surface area contributed by atoms with Gasteiger partial charge in [0.2, 0.25) is 11.7 Å². The van der Waals surface area contributed by atoms with Gasteiger partial charge in [0.15, 0.2) is 0 Å². The molecule has 0 saturated carbocycles. The summed E-state index contributed by atoms with van der Waals surface area (Å²) in [6, 6.07) is 13.6. The van der Waals surface area contributed by atoms with Crippen molar-refractivity contribution in [2.24, 2.45) is 0 Å². The average molecular weight is 353 g/mol. The first-order valence-electron chi connectivity index (χ1n) is 8.97. The summed E-state index contributed by atoms with van der Waals surface area (Å²) in [6.45, 7) is 4.41. The van der Waals surface area contributed by atoms with Gasteiger partial charge in [-0.05, 0) is 56.3 Å². The Labute approximate surface area is 152 Å². The van der Waals surface area contributed by atoms with E-state index in [2.05, 4.69) is 46.2 Å². The Bertz CT molecular complexity index is 795. The molecular formula is C20H23N3OS. The van der Waals surface area contributed by atoms with Crippen LogP contribution in [0.2, 0.25) is 0 Å². The maximum absolute atomic E-state index is 5.40. The molecule has 1 aromatic carbocycles. The van der Waals surface area contributed by atoms with E-state index < -0.39 is 0 Å². The van der Waals surface area contributed by atoms with E-state index in [1.807, 2.05) is 17.5 Å². The van der Waals surface area contributed by atoms with E-state index >= 15 is 0 Å². The van der Waals surface area contributed by atoms with Gasteiger partial charge in [-0.1, -0.05) is 41.1 Å². The highest BCUT2D eigenvalue weighted by Gasteiger charge is 2.25. The molecule has 1 unspecified atom stereocenters. The highest BCUT2D eigenvalue weighted by molar-refractivity contribution is 7.13. The molecule has 0 N–H and O–H groups in total. The minimum Gasteiger partial charge on any atom is -0.339 e. The van der Waals surface area contributed by atoms with E-state index in [1.54, 1.807) is 11.3 Å². The van der Waals surface area contributed by atoms with Gasteiger partial charge in [-0.2, -0.15) is 4.98 Å². The standard InChI is InChI=1S/C20H23N3OS/c1-15-8-10-16(11-9-15)17-5-2-12-23(17)13-3-7-19-21-20(22-24-19)18-6-4-14-25-18/h4,6,8-11,14,17H,2-3,5,7,12-13H2,1H3. The van der Waals surface area contributed by atoms with E-state index in [-0.39, 0.29) is 0 Å². The molecule has 3 heterocycles. The summed E-state index contributed by atoms with van der Waals surface area (Å²) in [4.78, 5) is 8.18. The Hall–Kier alpha value is -1.98. The van der Waals surface area contributed by atoms with Crippen LogP contribution in [0.3, 0.4) is 0 Å². The summed E-state index contributed by atoms with van der Waals surface area (Å²) in [7, 11) is 0. The van der Waals surface area contributed by atoms with Gasteiger partial charge < -0.3 is 4.52 Å². The van der Waals surface area contributed by atoms with Crippen LogP contribution < -0.4 is 0 Å². The van der Waals surface area contributed by atoms with Crippen LogP contribution in [0.15, 0.2) is 46.3 Å². The maximum atomic E-state index is 5.40. The molecule has 1 atom stereocenters. The van der Waals surface area contributed by atoms with Crippen molar-refractivity contribution in [1.29, 1.82) is 0 Å². The van der Waals surface area contributed by atoms with E-state index in [1.165, 1.54) is 30.5 Å². The van der Waals surface area contributed by atoms with Crippen LogP contribution in [0.1, 0.15) is 42.3 Å². The number of aromatic nitrogens is 2. The maximum Gasteiger partial charge on any atom is 0.227 e. The quantitative estimate of drug-likeness (QED) is 0.633. The molecule has 5 heteroatoms. The third kappa shape index (κ3) is 3.83. The number of hydrogen-bond donors (Lipinski definition) is 0. The van der Waals surface area contributed by atoms with Crippen molar-refractivity contribution in [2.75, 3.05) is 13.1 Å². The minimum absolute atomic E-state index is 0.560. The zero-order valence-corrected chi connectivity index (χ0v) is 15.3. The van der Waals surface area contributed by atoms with Crippen molar-refractivity contribution < 1.29 is 4.52 Å². The zero-order chi connectivity index (χ0) is 17.1. The molecule has 3 aromatic rings. The van der Waals surface area contributed by atoms with E-state index in [4.69, 9.17) is 4.52 Å². The summed E-state index contributed by atoms with van der Waals surface area (Å²) >= 11 is 1.64. The molecule has 1 aliphatic rings. The molecule has 0 amide bonds. The molecule has 0 spiro atoms. The second-order valence-corrected chi connectivity index (χ2v) is 7.64. The van der Waals surface area contributed by atoms with Gasteiger partial charge in [-0.15, -0.1) is 11.3 Å². The molecule has 1 fully saturated rings. The van der Waals surface area contributed by atoms with Crippen LogP contribution in [-0.2, 0) is 6.42 Å². The summed E-state index contributed by atoms with van der Waals surface area (Å²) < 4.78 is 5.40. The Balaban J connectivity index is 1.32. The molecule has 4 rings (SSSR count). The lowest BCUT2D eigenvalue weighted by molar-refractivity contribution is 0.249. The molecule has 0 radical (unpaired) electrons. The minimum atomic E-state index is 0.560. The van der Waals surface area contributed by atoms with Crippen molar-refractivity contribution in [1.82, 2.24) is 15.0 Å². The normalized spacial score (nSPS) is 18.0. The van der Waals surface area contributed by atoms with Gasteiger partial charge >= 0.3 is 0 Å². The highest BCUT2D eigenvalue weighted by atomic mass is 32.1. The molecule has 25 heavy (non-hydrogen) atoms. The molecule has 130 valence electrons. The number of thiophene rings is 1. The molecule has 4 nitrogen and oxygen atoms in total. The van der Waals surface area contributed by atoms with Crippen molar-refractivity contribution in [3.63, 3.8) is 0 Å². The Morgan fingerprint density at radius 3 is 2.92 bits per heavy atom. The summed E-state index contributed by atoms with van der Waals surface area (Å²) in [5, 5.41) is 6.12. The van der Waals surface area contributed by atoms with E-state index in [0.717, 1.165) is 30.2 Å². The first-order valence-corrected chi connectivity index (χ1v) is 9.84. The largest absolute Gasteiger partial charge is 0.339 e. The van der Waals surface area contributed by atoms with Gasteiger partial charge in [-0.25, -0.2) is 0 Å². The van der Waals surface area contributed by atoms with E-state index in [9.17, 15) is 0 Å². The predicted molar refractivity (Wildman–Crippen MR) is 101 cm³/mol. The topological polar surface area (TPSA) is 42.2 Å². The second kappa shape index (κ2) is 7.50. The number of likely N-dealkylation sites (tertiary alicyclic amines) is 1. The second-order valence-electron chi connectivity index (χ2n) is 6.70. The van der Waals surface area contributed by atoms with Crippen LogP contribution in [-0.4, -0.2) is 28.1 Å². The fourth-order valence-corrected chi connectivity index (χ4v) is 4.20. The van der Waals surface area contributed by atoms with Gasteiger partial charge in [0.1, 0.15) is 0 Å². The smallest absolute Gasteiger partial charge is 0.227 e. The molecule has 0 aliphatic carbocycles. The predicted octanol–water partition coefficient (Wildman–Crippen LogP) is 4.88. The Morgan fingerprint density at radius 1 is 1.24 bits per heavy atom. The van der Waals surface area contributed by atoms with Gasteiger partial charge in [0, 0.05) is 12.5 Å². The lowest BCUT2D eigenvalue weighted by Crippen LogP contribution is -2.24. The third-order valence-electron chi connectivity index (χ3n) is 4.87. The van der Waals surface area contributed by atoms with Gasteiger partial charge in [-0.3, -0.25) is 4.90 Å². The number of hydrogen-bond acceptors (Lipinski definition) is 5. The van der Waals surface area contributed by atoms with Crippen molar-refractivity contribution >= 4 is 11.3 Å². The van der Waals surface area contributed by atoms with Gasteiger partial charge in [0.25, 0.3) is 0 Å². The lowest BCUT2D eigenvalue weighted by Gasteiger charge is -2.24. The first-order chi connectivity index (χ1) is 12.3. The number of rotatable bonds is 6. The molecule has 2 aromatic heterocycles. The lowest BCUT2D eigenvalue weighted by atomic mass is 10.0. The van der Waals surface area contributed by atoms with Crippen LogP contribution in [0.5, 0.6) is 0 Å². The van der Waals surface area contributed by atoms with Crippen molar-refractivity contribution in [2.45, 2.75) is 38.6 Å². The Morgan fingerprint density at radius 2 is 2.12 bits per heavy atom. The average Bonchev–Trinajstić information content (AvgIpc) is 3.37. The van der Waals surface area contributed by atoms with Crippen LogP contribution in [0, 0.1) is 6.92 Å². The molecular weight excluding hydrogens is 330 g/mol. The fraction of sp³-hybridized carbons (Fsp3) is 0.400. The first kappa shape index (κ1) is 16.5. The van der Waals surface area contributed by atoms with Gasteiger partial charge in [0.05, 0.1) is 4.88 Å². The van der Waals surface area contributed by atoms with Crippen LogP contribution >= 0.6 is 11.3 Å². The molecule has 0 bridgehead atoms. The molecule has 1 saturated heterocycles. The zero-order valence-electron chi connectivity index (χ0n) is 14.5. The number of benzene rings is 1. The molecule has 1 aliphatic heterocycles.